The van der Waals surface area contributed by atoms with Gasteiger partial charge >= 0.3 is 0 Å². The summed E-state index contributed by atoms with van der Waals surface area (Å²) in [7, 11) is 0. The predicted molar refractivity (Wildman–Crippen MR) is 74.1 cm³/mol. The molecule has 0 aromatic rings. The lowest BCUT2D eigenvalue weighted by Crippen LogP contribution is -2.41. The second-order valence-electron chi connectivity index (χ2n) is 5.45. The van der Waals surface area contributed by atoms with Crippen molar-refractivity contribution in [1.82, 2.24) is 5.32 Å². The molecular formula is C14H27NS. The second-order valence-corrected chi connectivity index (χ2v) is 6.78. The van der Waals surface area contributed by atoms with E-state index in [1.54, 1.807) is 0 Å². The number of hydrogen-bond donors (Lipinski definition) is 1. The van der Waals surface area contributed by atoms with Gasteiger partial charge in [-0.3, -0.25) is 0 Å². The minimum atomic E-state index is 0.811. The van der Waals surface area contributed by atoms with Crippen LogP contribution in [0, 0.1) is 5.92 Å². The Hall–Kier alpha value is 0.310. The van der Waals surface area contributed by atoms with Crippen molar-refractivity contribution >= 4 is 11.8 Å². The summed E-state index contributed by atoms with van der Waals surface area (Å²) in [4.78, 5) is 0. The molecule has 0 radical (unpaired) electrons. The standard InChI is InChI=1S/C14H27NS/c1-2-15-14(12-7-6-8-12)11-16-13-9-4-3-5-10-13/h12-15H,2-11H2,1H3. The summed E-state index contributed by atoms with van der Waals surface area (Å²) in [5, 5.41) is 4.68. The minimum absolute atomic E-state index is 0.811. The van der Waals surface area contributed by atoms with Crippen LogP contribution >= 0.6 is 11.8 Å². The zero-order chi connectivity index (χ0) is 11.2. The Bertz CT molecular complexity index is 185. The van der Waals surface area contributed by atoms with E-state index < -0.39 is 0 Å². The lowest BCUT2D eigenvalue weighted by molar-refractivity contribution is 0.246. The fourth-order valence-electron chi connectivity index (χ4n) is 2.94. The highest BCUT2D eigenvalue weighted by Gasteiger charge is 2.27. The fraction of sp³-hybridized carbons (Fsp3) is 1.00. The van der Waals surface area contributed by atoms with Crippen LogP contribution in [0.5, 0.6) is 0 Å². The van der Waals surface area contributed by atoms with E-state index in [4.69, 9.17) is 0 Å². The molecule has 2 rings (SSSR count). The molecular weight excluding hydrogens is 214 g/mol. The third-order valence-electron chi connectivity index (χ3n) is 4.25. The fourth-order valence-corrected chi connectivity index (χ4v) is 4.47. The van der Waals surface area contributed by atoms with Crippen LogP contribution in [0.15, 0.2) is 0 Å². The smallest absolute Gasteiger partial charge is 0.0186 e. The third-order valence-corrected chi connectivity index (χ3v) is 5.74. The van der Waals surface area contributed by atoms with Crippen molar-refractivity contribution in [2.45, 2.75) is 69.6 Å². The molecule has 0 amide bonds. The number of rotatable bonds is 6. The number of hydrogen-bond acceptors (Lipinski definition) is 2. The zero-order valence-corrected chi connectivity index (χ0v) is 11.5. The Morgan fingerprint density at radius 2 is 1.81 bits per heavy atom. The molecule has 1 nitrogen and oxygen atoms in total. The Morgan fingerprint density at radius 3 is 2.38 bits per heavy atom. The Balaban J connectivity index is 1.67. The predicted octanol–water partition coefficient (Wildman–Crippen LogP) is 3.83. The normalized spacial score (nSPS) is 25.3. The van der Waals surface area contributed by atoms with Crippen molar-refractivity contribution < 1.29 is 0 Å². The topological polar surface area (TPSA) is 12.0 Å². The van der Waals surface area contributed by atoms with E-state index >= 15 is 0 Å². The molecule has 0 saturated heterocycles. The summed E-state index contributed by atoms with van der Waals surface area (Å²) in [6.45, 7) is 3.39. The number of nitrogens with one attached hydrogen (secondary N) is 1. The quantitative estimate of drug-likeness (QED) is 0.758. The van der Waals surface area contributed by atoms with Gasteiger partial charge in [-0.2, -0.15) is 11.8 Å². The van der Waals surface area contributed by atoms with Crippen LogP contribution in [-0.4, -0.2) is 23.6 Å². The molecule has 16 heavy (non-hydrogen) atoms. The first-order chi connectivity index (χ1) is 7.90. The van der Waals surface area contributed by atoms with Gasteiger partial charge in [0, 0.05) is 17.0 Å². The van der Waals surface area contributed by atoms with Crippen LogP contribution in [0.4, 0.5) is 0 Å². The molecule has 0 aromatic carbocycles. The molecule has 0 bridgehead atoms. The average Bonchev–Trinajstić information content (AvgIpc) is 2.25. The van der Waals surface area contributed by atoms with Crippen molar-refractivity contribution in [1.29, 1.82) is 0 Å². The van der Waals surface area contributed by atoms with Crippen molar-refractivity contribution in [3.8, 4) is 0 Å². The summed E-state index contributed by atoms with van der Waals surface area (Å²) >= 11 is 2.26. The van der Waals surface area contributed by atoms with Gasteiger partial charge < -0.3 is 5.32 Å². The van der Waals surface area contributed by atoms with Crippen LogP contribution in [0.25, 0.3) is 0 Å². The van der Waals surface area contributed by atoms with Crippen molar-refractivity contribution in [2.75, 3.05) is 12.3 Å². The highest BCUT2D eigenvalue weighted by atomic mass is 32.2. The second kappa shape index (κ2) is 6.90. The van der Waals surface area contributed by atoms with Gasteiger partial charge in [-0.25, -0.2) is 0 Å². The highest BCUT2D eigenvalue weighted by Crippen LogP contribution is 2.34. The molecule has 0 aliphatic heterocycles. The summed E-state index contributed by atoms with van der Waals surface area (Å²) in [5.41, 5.74) is 0. The van der Waals surface area contributed by atoms with Crippen molar-refractivity contribution in [3.05, 3.63) is 0 Å². The Kier molecular flexibility index (Phi) is 5.51. The van der Waals surface area contributed by atoms with Crippen molar-refractivity contribution in [2.24, 2.45) is 5.92 Å². The van der Waals surface area contributed by atoms with E-state index in [1.165, 1.54) is 57.1 Å². The van der Waals surface area contributed by atoms with Gasteiger partial charge in [0.25, 0.3) is 0 Å². The van der Waals surface area contributed by atoms with Gasteiger partial charge in [0.05, 0.1) is 0 Å². The van der Waals surface area contributed by atoms with Crippen LogP contribution in [0.3, 0.4) is 0 Å². The maximum Gasteiger partial charge on any atom is 0.0186 e. The van der Waals surface area contributed by atoms with Gasteiger partial charge in [-0.1, -0.05) is 32.6 Å². The Labute approximate surface area is 105 Å². The van der Waals surface area contributed by atoms with E-state index in [2.05, 4.69) is 24.0 Å². The van der Waals surface area contributed by atoms with Crippen LogP contribution in [-0.2, 0) is 0 Å². The molecule has 2 aliphatic rings. The van der Waals surface area contributed by atoms with E-state index in [1.807, 2.05) is 0 Å². The zero-order valence-electron chi connectivity index (χ0n) is 10.7. The van der Waals surface area contributed by atoms with Gasteiger partial charge in [0.2, 0.25) is 0 Å². The minimum Gasteiger partial charge on any atom is -0.313 e. The summed E-state index contributed by atoms with van der Waals surface area (Å²) in [6, 6.07) is 0.811. The van der Waals surface area contributed by atoms with Crippen LogP contribution in [0.1, 0.15) is 58.3 Å². The molecule has 0 heterocycles. The lowest BCUT2D eigenvalue weighted by atomic mass is 9.80. The van der Waals surface area contributed by atoms with E-state index in [0.717, 1.165) is 23.8 Å². The summed E-state index contributed by atoms with van der Waals surface area (Å²) in [5.74, 6) is 2.36. The molecule has 94 valence electrons. The molecule has 0 spiro atoms. The summed E-state index contributed by atoms with van der Waals surface area (Å²) in [6.07, 6.45) is 11.8. The third kappa shape index (κ3) is 3.66. The molecule has 1 unspecified atom stereocenters. The van der Waals surface area contributed by atoms with Gasteiger partial charge in [0.15, 0.2) is 0 Å². The molecule has 2 heteroatoms. The molecule has 1 N–H and O–H groups in total. The van der Waals surface area contributed by atoms with Gasteiger partial charge in [0.1, 0.15) is 0 Å². The van der Waals surface area contributed by atoms with E-state index in [9.17, 15) is 0 Å². The van der Waals surface area contributed by atoms with E-state index in [-0.39, 0.29) is 0 Å². The monoisotopic (exact) mass is 241 g/mol. The SMILES string of the molecule is CCNC(CSC1CCCCC1)C1CCC1. The first-order valence-electron chi connectivity index (χ1n) is 7.25. The first-order valence-corrected chi connectivity index (χ1v) is 8.30. The average molecular weight is 241 g/mol. The maximum absolute atomic E-state index is 3.70. The molecule has 2 saturated carbocycles. The molecule has 0 aromatic heterocycles. The molecule has 1 atom stereocenters. The van der Waals surface area contributed by atoms with Crippen LogP contribution < -0.4 is 5.32 Å². The molecule has 2 aliphatic carbocycles. The lowest BCUT2D eigenvalue weighted by Gasteiger charge is -2.35. The van der Waals surface area contributed by atoms with Crippen LogP contribution in [0.2, 0.25) is 0 Å². The Morgan fingerprint density at radius 1 is 1.06 bits per heavy atom. The van der Waals surface area contributed by atoms with Crippen molar-refractivity contribution in [3.63, 3.8) is 0 Å². The van der Waals surface area contributed by atoms with E-state index in [0.29, 0.717) is 0 Å². The largest absolute Gasteiger partial charge is 0.313 e. The highest BCUT2D eigenvalue weighted by molar-refractivity contribution is 7.99. The molecule has 2 fully saturated rings. The number of thioether (sulfide) groups is 1. The first kappa shape index (κ1) is 12.8. The van der Waals surface area contributed by atoms with Gasteiger partial charge in [-0.05, 0) is 38.1 Å². The summed E-state index contributed by atoms with van der Waals surface area (Å²) < 4.78 is 0. The van der Waals surface area contributed by atoms with Gasteiger partial charge in [-0.15, -0.1) is 0 Å². The maximum atomic E-state index is 3.70.